The smallest absolute Gasteiger partial charge is 0.166 e. The molecule has 0 bridgehead atoms. The lowest BCUT2D eigenvalue weighted by Crippen LogP contribution is -2.10. The molecule has 0 aromatic rings. The summed E-state index contributed by atoms with van der Waals surface area (Å²) in [6, 6.07) is 0. The van der Waals surface area contributed by atoms with Crippen molar-refractivity contribution in [2.45, 2.75) is 46.2 Å². The Kier molecular flexibility index (Phi) is 6.16. The van der Waals surface area contributed by atoms with Gasteiger partial charge in [-0.1, -0.05) is 38.5 Å². The molecule has 0 aliphatic rings. The molecule has 0 aliphatic carbocycles. The lowest BCUT2D eigenvalue weighted by atomic mass is 10.0. The van der Waals surface area contributed by atoms with Crippen molar-refractivity contribution in [1.29, 1.82) is 0 Å². The van der Waals surface area contributed by atoms with Gasteiger partial charge >= 0.3 is 6.18 Å². The molecule has 0 nitrogen and oxygen atoms in total. The minimum absolute atomic E-state index is 0.610. The Balaban J connectivity index is 5.21. The van der Waals surface area contributed by atoms with Gasteiger partial charge in [0, 0.05) is 0 Å². The van der Waals surface area contributed by atoms with Crippen LogP contribution in [0.4, 0.5) is 13.2 Å². The Hall–Kier alpha value is -0.990. The fourth-order valence-corrected chi connectivity index (χ4v) is 1.51. The van der Waals surface area contributed by atoms with Crippen LogP contribution in [-0.2, 0) is 0 Å². The van der Waals surface area contributed by atoms with Crippen molar-refractivity contribution >= 4 is 0 Å². The van der Waals surface area contributed by atoms with Crippen molar-refractivity contribution in [1.82, 2.24) is 0 Å². The van der Waals surface area contributed by atoms with Crippen LogP contribution in [0.15, 0.2) is 35.5 Å². The quantitative estimate of drug-likeness (QED) is 0.572. The third kappa shape index (κ3) is 4.69. The highest BCUT2D eigenvalue weighted by atomic mass is 19.4. The number of halogens is 3. The standard InChI is InChI=1S/C13H19F3/c1-5-8-10(4)11(6-2)9-12(7-3)13(14,15)16/h7,9H,3,5-6,8H2,1-2,4H3/b11-10+,12-9+. The van der Waals surface area contributed by atoms with E-state index < -0.39 is 11.7 Å². The first kappa shape index (κ1) is 15.0. The van der Waals surface area contributed by atoms with Crippen LogP contribution in [0.3, 0.4) is 0 Å². The fourth-order valence-electron chi connectivity index (χ4n) is 1.51. The number of hydrogen-bond acceptors (Lipinski definition) is 0. The van der Waals surface area contributed by atoms with E-state index in [9.17, 15) is 13.2 Å². The van der Waals surface area contributed by atoms with Gasteiger partial charge in [0.15, 0.2) is 0 Å². The molecular formula is C13H19F3. The molecule has 0 spiro atoms. The molecule has 3 heteroatoms. The van der Waals surface area contributed by atoms with E-state index in [0.29, 0.717) is 6.42 Å². The highest BCUT2D eigenvalue weighted by molar-refractivity contribution is 5.34. The molecule has 0 amide bonds. The number of alkyl halides is 3. The van der Waals surface area contributed by atoms with Gasteiger partial charge in [-0.05, 0) is 31.4 Å². The summed E-state index contributed by atoms with van der Waals surface area (Å²) in [4.78, 5) is 0. The summed E-state index contributed by atoms with van der Waals surface area (Å²) < 4.78 is 37.5. The molecule has 0 radical (unpaired) electrons. The van der Waals surface area contributed by atoms with Crippen molar-refractivity contribution in [3.05, 3.63) is 35.5 Å². The molecule has 16 heavy (non-hydrogen) atoms. The average molecular weight is 232 g/mol. The van der Waals surface area contributed by atoms with Crippen LogP contribution < -0.4 is 0 Å². The molecule has 0 rings (SSSR count). The molecule has 0 saturated heterocycles. The van der Waals surface area contributed by atoms with Crippen LogP contribution in [0.1, 0.15) is 40.0 Å². The average Bonchev–Trinajstić information content (AvgIpc) is 2.17. The predicted molar refractivity (Wildman–Crippen MR) is 62.2 cm³/mol. The Morgan fingerprint density at radius 2 is 1.81 bits per heavy atom. The zero-order valence-corrected chi connectivity index (χ0v) is 10.1. The summed E-state index contributed by atoms with van der Waals surface area (Å²) in [7, 11) is 0. The Labute approximate surface area is 95.5 Å². The summed E-state index contributed by atoms with van der Waals surface area (Å²) in [6.07, 6.45) is 0.154. The molecule has 0 atom stereocenters. The summed E-state index contributed by atoms with van der Waals surface area (Å²) in [5.41, 5.74) is 1.11. The van der Waals surface area contributed by atoms with E-state index in [0.717, 1.165) is 30.1 Å². The maximum atomic E-state index is 12.5. The molecule has 0 fully saturated rings. The van der Waals surface area contributed by atoms with Gasteiger partial charge < -0.3 is 0 Å². The third-order valence-electron chi connectivity index (χ3n) is 2.43. The second kappa shape index (κ2) is 6.56. The molecule has 0 unspecified atom stereocenters. The summed E-state index contributed by atoms with van der Waals surface area (Å²) in [5.74, 6) is 0. The first-order valence-corrected chi connectivity index (χ1v) is 5.46. The van der Waals surface area contributed by atoms with E-state index in [4.69, 9.17) is 0 Å². The van der Waals surface area contributed by atoms with Crippen molar-refractivity contribution in [3.63, 3.8) is 0 Å². The third-order valence-corrected chi connectivity index (χ3v) is 2.43. The van der Waals surface area contributed by atoms with E-state index in [-0.39, 0.29) is 0 Å². The summed E-state index contributed by atoms with van der Waals surface area (Å²) in [5, 5.41) is 0. The van der Waals surface area contributed by atoms with Gasteiger partial charge in [0.05, 0.1) is 5.57 Å². The maximum Gasteiger partial charge on any atom is 0.416 e. The van der Waals surface area contributed by atoms with Gasteiger partial charge in [-0.2, -0.15) is 13.2 Å². The lowest BCUT2D eigenvalue weighted by molar-refractivity contribution is -0.0882. The number of rotatable bonds is 5. The Morgan fingerprint density at radius 3 is 2.12 bits per heavy atom. The van der Waals surface area contributed by atoms with Crippen LogP contribution in [0, 0.1) is 0 Å². The van der Waals surface area contributed by atoms with Gasteiger partial charge in [0.25, 0.3) is 0 Å². The van der Waals surface area contributed by atoms with E-state index >= 15 is 0 Å². The highest BCUT2D eigenvalue weighted by Gasteiger charge is 2.31. The minimum atomic E-state index is -4.31. The molecule has 92 valence electrons. The van der Waals surface area contributed by atoms with Crippen LogP contribution in [0.5, 0.6) is 0 Å². The van der Waals surface area contributed by atoms with Crippen LogP contribution in [-0.4, -0.2) is 6.18 Å². The Bertz CT molecular complexity index is 293. The second-order valence-corrected chi connectivity index (χ2v) is 3.71. The monoisotopic (exact) mass is 232 g/mol. The van der Waals surface area contributed by atoms with E-state index in [1.165, 1.54) is 6.08 Å². The van der Waals surface area contributed by atoms with Crippen molar-refractivity contribution in [2.24, 2.45) is 0 Å². The summed E-state index contributed by atoms with van der Waals surface area (Å²) >= 11 is 0. The first-order chi connectivity index (χ1) is 7.36. The highest BCUT2D eigenvalue weighted by Crippen LogP contribution is 2.29. The number of allylic oxidation sites excluding steroid dienone is 5. The van der Waals surface area contributed by atoms with Gasteiger partial charge in [-0.25, -0.2) is 0 Å². The van der Waals surface area contributed by atoms with Gasteiger partial charge in [0.2, 0.25) is 0 Å². The van der Waals surface area contributed by atoms with Crippen LogP contribution >= 0.6 is 0 Å². The molecular weight excluding hydrogens is 213 g/mol. The number of hydrogen-bond donors (Lipinski definition) is 0. The van der Waals surface area contributed by atoms with Crippen molar-refractivity contribution in [2.75, 3.05) is 0 Å². The van der Waals surface area contributed by atoms with Gasteiger partial charge in [0.1, 0.15) is 0 Å². The van der Waals surface area contributed by atoms with E-state index in [1.807, 2.05) is 20.8 Å². The molecule has 0 N–H and O–H groups in total. The second-order valence-electron chi connectivity index (χ2n) is 3.71. The van der Waals surface area contributed by atoms with Crippen LogP contribution in [0.2, 0.25) is 0 Å². The minimum Gasteiger partial charge on any atom is -0.166 e. The van der Waals surface area contributed by atoms with Crippen molar-refractivity contribution in [3.8, 4) is 0 Å². The molecule has 0 heterocycles. The molecule has 0 saturated carbocycles. The maximum absolute atomic E-state index is 12.5. The van der Waals surface area contributed by atoms with E-state index in [2.05, 4.69) is 6.58 Å². The summed E-state index contributed by atoms with van der Waals surface area (Å²) in [6.45, 7) is 8.97. The van der Waals surface area contributed by atoms with Crippen molar-refractivity contribution < 1.29 is 13.2 Å². The lowest BCUT2D eigenvalue weighted by Gasteiger charge is -2.10. The van der Waals surface area contributed by atoms with Crippen LogP contribution in [0.25, 0.3) is 0 Å². The zero-order valence-electron chi connectivity index (χ0n) is 10.1. The first-order valence-electron chi connectivity index (χ1n) is 5.46. The van der Waals surface area contributed by atoms with Gasteiger partial charge in [-0.15, -0.1) is 0 Å². The fraction of sp³-hybridized carbons (Fsp3) is 0.538. The topological polar surface area (TPSA) is 0 Å². The molecule has 0 aromatic carbocycles. The largest absolute Gasteiger partial charge is 0.416 e. The predicted octanol–water partition coefficient (Wildman–Crippen LogP) is 5.19. The molecule has 0 aliphatic heterocycles. The van der Waals surface area contributed by atoms with E-state index in [1.54, 1.807) is 0 Å². The zero-order chi connectivity index (χ0) is 12.8. The molecule has 0 aromatic heterocycles. The normalized spacial score (nSPS) is 14.8. The SMILES string of the molecule is C=C/C(=C\C(CC)=C(/C)CCC)C(F)(F)F. The van der Waals surface area contributed by atoms with Gasteiger partial charge in [-0.3, -0.25) is 0 Å². The Morgan fingerprint density at radius 1 is 1.25 bits per heavy atom.